The average molecular weight is 114 g/mol. The number of rotatable bonds is 3. The smallest absolute Gasteiger partial charge is 0.0602 e. The summed E-state index contributed by atoms with van der Waals surface area (Å²) in [4.78, 5) is 0. The third kappa shape index (κ3) is 2.63. The van der Waals surface area contributed by atoms with Gasteiger partial charge in [0.2, 0.25) is 0 Å². The Balaban J connectivity index is 3.16. The monoisotopic (exact) mass is 114 g/mol. The van der Waals surface area contributed by atoms with Crippen LogP contribution in [0.25, 0.3) is 0 Å². The fourth-order valence-corrected chi connectivity index (χ4v) is 1.87. The van der Waals surface area contributed by atoms with Crippen molar-refractivity contribution in [1.29, 1.82) is 0 Å². The second-order valence-corrected chi connectivity index (χ2v) is 5.44. The van der Waals surface area contributed by atoms with Crippen LogP contribution in [0.4, 0.5) is 0 Å². The molecule has 0 unspecified atom stereocenters. The lowest BCUT2D eigenvalue weighted by Gasteiger charge is -1.98. The van der Waals surface area contributed by atoms with Gasteiger partial charge in [-0.1, -0.05) is 25.9 Å². The van der Waals surface area contributed by atoms with Gasteiger partial charge >= 0.3 is 0 Å². The minimum Gasteiger partial charge on any atom is -0.107 e. The van der Waals surface area contributed by atoms with Crippen molar-refractivity contribution in [2.24, 2.45) is 0 Å². The van der Waals surface area contributed by atoms with E-state index in [2.05, 4.69) is 26.1 Å². The molecular formula is C6H14Si. The fourth-order valence-electron chi connectivity index (χ4n) is 0.622. The maximum atomic E-state index is 3.76. The van der Waals surface area contributed by atoms with Gasteiger partial charge in [0.05, 0.1) is 8.80 Å². The van der Waals surface area contributed by atoms with E-state index in [1.807, 2.05) is 0 Å². The first-order chi connectivity index (χ1) is 3.35. The molecule has 0 nitrogen and oxygen atoms in total. The molecule has 0 fully saturated rings. The molecule has 42 valence electrons. The lowest BCUT2D eigenvalue weighted by molar-refractivity contribution is 1.33. The molecule has 0 saturated carbocycles. The zero-order valence-corrected chi connectivity index (χ0v) is 6.43. The van der Waals surface area contributed by atoms with E-state index in [9.17, 15) is 0 Å². The third-order valence-corrected chi connectivity index (χ3v) is 4.15. The molecule has 0 aliphatic carbocycles. The van der Waals surface area contributed by atoms with Gasteiger partial charge in [0.25, 0.3) is 0 Å². The van der Waals surface area contributed by atoms with E-state index in [0.29, 0.717) is 0 Å². The van der Waals surface area contributed by atoms with Crippen molar-refractivity contribution in [3.8, 4) is 0 Å². The minimum atomic E-state index is -0.407. The van der Waals surface area contributed by atoms with Gasteiger partial charge in [0, 0.05) is 0 Å². The Bertz CT molecular complexity index is 46.1. The molecule has 1 heteroatoms. The van der Waals surface area contributed by atoms with Crippen LogP contribution >= 0.6 is 0 Å². The normalized spacial score (nSPS) is 9.57. The molecule has 0 aliphatic rings. The first-order valence-electron chi connectivity index (χ1n) is 2.97. The first-order valence-corrected chi connectivity index (χ1v) is 5.27. The summed E-state index contributed by atoms with van der Waals surface area (Å²) in [5.41, 5.74) is 2.17. The summed E-state index contributed by atoms with van der Waals surface area (Å²) in [7, 11) is -0.407. The molecule has 0 aliphatic heterocycles. The maximum absolute atomic E-state index is 3.76. The molecule has 0 aromatic rings. The summed E-state index contributed by atoms with van der Waals surface area (Å²) < 4.78 is 0. The van der Waals surface area contributed by atoms with Crippen molar-refractivity contribution in [3.63, 3.8) is 0 Å². The molecule has 0 N–H and O–H groups in total. The molecule has 0 aromatic heterocycles. The van der Waals surface area contributed by atoms with Crippen molar-refractivity contribution < 1.29 is 0 Å². The summed E-state index contributed by atoms with van der Waals surface area (Å²) in [5.74, 6) is 0. The quantitative estimate of drug-likeness (QED) is 0.492. The summed E-state index contributed by atoms with van der Waals surface area (Å²) >= 11 is 0. The Hall–Kier alpha value is -0.0431. The molecular weight excluding hydrogens is 100 g/mol. The Labute approximate surface area is 47.9 Å². The third-order valence-electron chi connectivity index (χ3n) is 1.38. The van der Waals surface area contributed by atoms with Gasteiger partial charge in [-0.15, -0.1) is 12.3 Å². The van der Waals surface area contributed by atoms with Gasteiger partial charge in [-0.3, -0.25) is 0 Å². The second kappa shape index (κ2) is 4.12. The van der Waals surface area contributed by atoms with Crippen molar-refractivity contribution in [3.05, 3.63) is 12.3 Å². The predicted octanol–water partition coefficient (Wildman–Crippen LogP) is 1.98. The van der Waals surface area contributed by atoms with E-state index in [0.717, 1.165) is 0 Å². The highest BCUT2D eigenvalue weighted by atomic mass is 28.3. The van der Waals surface area contributed by atoms with Crippen LogP contribution in [0.5, 0.6) is 0 Å². The highest BCUT2D eigenvalue weighted by Gasteiger charge is 1.95. The van der Waals surface area contributed by atoms with Crippen LogP contribution in [0.3, 0.4) is 0 Å². The first kappa shape index (κ1) is 6.96. The van der Waals surface area contributed by atoms with E-state index >= 15 is 0 Å². The number of hydrogen-bond acceptors (Lipinski definition) is 0. The van der Waals surface area contributed by atoms with Crippen LogP contribution in [-0.2, 0) is 0 Å². The Kier molecular flexibility index (Phi) is 4.10. The molecule has 0 saturated heterocycles. The molecule has 0 rings (SSSR count). The molecule has 0 heterocycles. The van der Waals surface area contributed by atoms with Crippen molar-refractivity contribution in [2.45, 2.75) is 25.9 Å². The van der Waals surface area contributed by atoms with Crippen LogP contribution in [0.1, 0.15) is 13.8 Å². The van der Waals surface area contributed by atoms with Gasteiger partial charge in [0.1, 0.15) is 0 Å². The molecule has 0 atom stereocenters. The topological polar surface area (TPSA) is 0 Å². The summed E-state index contributed by atoms with van der Waals surface area (Å²) in [6, 6.07) is 2.75. The molecule has 0 aromatic carbocycles. The highest BCUT2D eigenvalue weighted by Crippen LogP contribution is 1.96. The molecule has 0 spiro atoms. The molecule has 0 amide bonds. The van der Waals surface area contributed by atoms with E-state index in [-0.39, 0.29) is 0 Å². The van der Waals surface area contributed by atoms with E-state index in [1.54, 1.807) is 0 Å². The minimum absolute atomic E-state index is 0.407. The van der Waals surface area contributed by atoms with Crippen LogP contribution in [0.15, 0.2) is 12.3 Å². The van der Waals surface area contributed by atoms with Gasteiger partial charge in [-0.05, 0) is 0 Å². The standard InChI is InChI=1S/C6H14Si/c1-4-7(5-2)6-3/h4,7H,1,5-6H2,2-3H3. The van der Waals surface area contributed by atoms with Crippen LogP contribution in [-0.4, -0.2) is 8.80 Å². The summed E-state index contributed by atoms with van der Waals surface area (Å²) in [5, 5.41) is 0. The predicted molar refractivity (Wildman–Crippen MR) is 38.3 cm³/mol. The fraction of sp³-hybridized carbons (Fsp3) is 0.667. The molecule has 7 heavy (non-hydrogen) atoms. The highest BCUT2D eigenvalue weighted by molar-refractivity contribution is 6.63. The van der Waals surface area contributed by atoms with Gasteiger partial charge in [-0.2, -0.15) is 0 Å². The lowest BCUT2D eigenvalue weighted by atomic mass is 10.9. The van der Waals surface area contributed by atoms with Gasteiger partial charge in [0.15, 0.2) is 0 Å². The van der Waals surface area contributed by atoms with E-state index in [1.165, 1.54) is 12.1 Å². The van der Waals surface area contributed by atoms with Gasteiger partial charge in [-0.25, -0.2) is 0 Å². The van der Waals surface area contributed by atoms with Crippen molar-refractivity contribution >= 4 is 8.80 Å². The van der Waals surface area contributed by atoms with Crippen molar-refractivity contribution in [2.75, 3.05) is 0 Å². The molecule has 0 radical (unpaired) electrons. The van der Waals surface area contributed by atoms with Gasteiger partial charge < -0.3 is 0 Å². The summed E-state index contributed by atoms with van der Waals surface area (Å²) in [6.45, 7) is 8.27. The van der Waals surface area contributed by atoms with Crippen LogP contribution in [0, 0.1) is 0 Å². The van der Waals surface area contributed by atoms with Crippen LogP contribution < -0.4 is 0 Å². The van der Waals surface area contributed by atoms with Crippen molar-refractivity contribution in [1.82, 2.24) is 0 Å². The molecule has 0 bridgehead atoms. The second-order valence-electron chi connectivity index (χ2n) is 1.81. The zero-order valence-electron chi connectivity index (χ0n) is 5.28. The maximum Gasteiger partial charge on any atom is 0.0602 e. The lowest BCUT2D eigenvalue weighted by Crippen LogP contribution is -2.02. The van der Waals surface area contributed by atoms with E-state index in [4.69, 9.17) is 0 Å². The Morgan fingerprint density at radius 1 is 1.43 bits per heavy atom. The average Bonchev–Trinajstić information content (AvgIpc) is 1.72. The van der Waals surface area contributed by atoms with E-state index < -0.39 is 8.80 Å². The van der Waals surface area contributed by atoms with Crippen LogP contribution in [0.2, 0.25) is 12.1 Å². The Morgan fingerprint density at radius 2 is 1.86 bits per heavy atom. The Morgan fingerprint density at radius 3 is 1.86 bits per heavy atom. The zero-order chi connectivity index (χ0) is 5.70. The summed E-state index contributed by atoms with van der Waals surface area (Å²) in [6.07, 6.45) is 0. The SMILES string of the molecule is C=C[SiH](CC)CC. The number of hydrogen-bond donors (Lipinski definition) is 0. The largest absolute Gasteiger partial charge is 0.107 e.